The van der Waals surface area contributed by atoms with Gasteiger partial charge in [0.2, 0.25) is 0 Å². The molecule has 5 nitrogen and oxygen atoms in total. The first-order valence-corrected chi connectivity index (χ1v) is 9.30. The Hall–Kier alpha value is -1.70. The van der Waals surface area contributed by atoms with Gasteiger partial charge in [0.05, 0.1) is 12.6 Å². The minimum absolute atomic E-state index is 0.141. The standard InChI is InChI=1S/C17H21N3O2S2/c18-15-14(16(21)19-9-8-12-5-2-1-3-6-12)24-17(23)20(15)11-13-7-4-10-22-13/h1-3,5-6,13H,4,7-11,18H2,(H,19,21)/t13-/m0/s1. The van der Waals surface area contributed by atoms with Gasteiger partial charge in [-0.3, -0.25) is 4.79 Å². The van der Waals surface area contributed by atoms with Crippen molar-refractivity contribution in [1.82, 2.24) is 9.88 Å². The molecule has 1 saturated heterocycles. The van der Waals surface area contributed by atoms with E-state index in [1.807, 2.05) is 34.9 Å². The summed E-state index contributed by atoms with van der Waals surface area (Å²) in [5.41, 5.74) is 7.35. The van der Waals surface area contributed by atoms with Gasteiger partial charge in [-0.25, -0.2) is 0 Å². The number of aromatic nitrogens is 1. The highest BCUT2D eigenvalue weighted by Gasteiger charge is 2.21. The number of hydrogen-bond acceptors (Lipinski definition) is 5. The van der Waals surface area contributed by atoms with E-state index in [4.69, 9.17) is 22.7 Å². The van der Waals surface area contributed by atoms with Crippen LogP contribution >= 0.6 is 23.6 Å². The van der Waals surface area contributed by atoms with Crippen LogP contribution in [0.15, 0.2) is 30.3 Å². The van der Waals surface area contributed by atoms with E-state index in [0.29, 0.717) is 27.7 Å². The van der Waals surface area contributed by atoms with Crippen LogP contribution in [-0.4, -0.2) is 29.7 Å². The van der Waals surface area contributed by atoms with Gasteiger partial charge in [0.25, 0.3) is 5.91 Å². The van der Waals surface area contributed by atoms with Gasteiger partial charge in [0.1, 0.15) is 10.7 Å². The van der Waals surface area contributed by atoms with E-state index in [-0.39, 0.29) is 12.0 Å². The molecule has 0 saturated carbocycles. The number of hydrogen-bond donors (Lipinski definition) is 2. The average Bonchev–Trinajstić information content (AvgIpc) is 3.19. The lowest BCUT2D eigenvalue weighted by atomic mass is 10.1. The van der Waals surface area contributed by atoms with Crippen LogP contribution in [0.4, 0.5) is 5.82 Å². The molecule has 0 unspecified atom stereocenters. The third-order valence-corrected chi connectivity index (χ3v) is 5.56. The van der Waals surface area contributed by atoms with E-state index in [1.165, 1.54) is 16.9 Å². The zero-order valence-electron chi connectivity index (χ0n) is 13.4. The molecule has 3 rings (SSSR count). The van der Waals surface area contributed by atoms with Crippen molar-refractivity contribution in [2.75, 3.05) is 18.9 Å². The van der Waals surface area contributed by atoms with Gasteiger partial charge in [-0.2, -0.15) is 0 Å². The number of benzene rings is 1. The first-order valence-electron chi connectivity index (χ1n) is 8.08. The molecule has 1 amide bonds. The fourth-order valence-electron chi connectivity index (χ4n) is 2.79. The smallest absolute Gasteiger partial charge is 0.265 e. The summed E-state index contributed by atoms with van der Waals surface area (Å²) in [5, 5.41) is 2.92. The number of carbonyl (C=O) groups excluding carboxylic acids is 1. The topological polar surface area (TPSA) is 69.3 Å². The summed E-state index contributed by atoms with van der Waals surface area (Å²) in [4.78, 5) is 12.9. The van der Waals surface area contributed by atoms with E-state index in [2.05, 4.69) is 5.32 Å². The molecule has 1 atom stereocenters. The Labute approximate surface area is 150 Å². The highest BCUT2D eigenvalue weighted by Crippen LogP contribution is 2.24. The Kier molecular flexibility index (Phi) is 5.65. The quantitative estimate of drug-likeness (QED) is 0.774. The molecule has 1 aliphatic rings. The molecule has 0 aliphatic carbocycles. The second-order valence-corrected chi connectivity index (χ2v) is 7.46. The van der Waals surface area contributed by atoms with Crippen molar-refractivity contribution in [3.63, 3.8) is 0 Å². The van der Waals surface area contributed by atoms with Crippen molar-refractivity contribution in [3.8, 4) is 0 Å². The van der Waals surface area contributed by atoms with Gasteiger partial charge in [0.15, 0.2) is 3.95 Å². The molecule has 0 radical (unpaired) electrons. The molecule has 1 aliphatic heterocycles. The van der Waals surface area contributed by atoms with E-state index < -0.39 is 0 Å². The number of nitrogen functional groups attached to an aromatic ring is 1. The Morgan fingerprint density at radius 1 is 1.42 bits per heavy atom. The monoisotopic (exact) mass is 363 g/mol. The van der Waals surface area contributed by atoms with Crippen LogP contribution in [0, 0.1) is 3.95 Å². The summed E-state index contributed by atoms with van der Waals surface area (Å²) in [7, 11) is 0. The second kappa shape index (κ2) is 7.92. The van der Waals surface area contributed by atoms with E-state index in [1.54, 1.807) is 0 Å². The fraction of sp³-hybridized carbons (Fsp3) is 0.412. The molecule has 0 spiro atoms. The maximum atomic E-state index is 12.4. The molecule has 7 heteroatoms. The summed E-state index contributed by atoms with van der Waals surface area (Å²) < 4.78 is 8.07. The summed E-state index contributed by atoms with van der Waals surface area (Å²) >= 11 is 6.63. The fourth-order valence-corrected chi connectivity index (χ4v) is 4.05. The van der Waals surface area contributed by atoms with Gasteiger partial charge >= 0.3 is 0 Å². The van der Waals surface area contributed by atoms with Crippen LogP contribution in [0.1, 0.15) is 28.1 Å². The number of nitrogens with two attached hydrogens (primary N) is 1. The molecule has 2 heterocycles. The molecule has 1 aromatic carbocycles. The highest BCUT2D eigenvalue weighted by molar-refractivity contribution is 7.73. The molecular formula is C17H21N3O2S2. The number of amides is 1. The van der Waals surface area contributed by atoms with Crippen LogP contribution in [-0.2, 0) is 17.7 Å². The minimum atomic E-state index is -0.161. The molecule has 1 fully saturated rings. The highest BCUT2D eigenvalue weighted by atomic mass is 32.1. The number of anilines is 1. The summed E-state index contributed by atoms with van der Waals surface area (Å²) in [5.74, 6) is 0.281. The lowest BCUT2D eigenvalue weighted by Crippen LogP contribution is -2.26. The molecule has 128 valence electrons. The third kappa shape index (κ3) is 4.03. The van der Waals surface area contributed by atoms with Crippen LogP contribution < -0.4 is 11.1 Å². The SMILES string of the molecule is Nc1c(C(=O)NCCc2ccccc2)sc(=S)n1C[C@@H]1CCCO1. The summed E-state index contributed by atoms with van der Waals surface area (Å²) in [6, 6.07) is 10.1. The summed E-state index contributed by atoms with van der Waals surface area (Å²) in [6.45, 7) is 1.98. The maximum Gasteiger partial charge on any atom is 0.265 e. The second-order valence-electron chi connectivity index (χ2n) is 5.82. The lowest BCUT2D eigenvalue weighted by molar-refractivity contribution is 0.0948. The Bertz CT molecular complexity index is 749. The maximum absolute atomic E-state index is 12.4. The number of ether oxygens (including phenoxy) is 1. The molecule has 3 N–H and O–H groups in total. The predicted octanol–water partition coefficient (Wildman–Crippen LogP) is 3.01. The molecule has 1 aromatic heterocycles. The average molecular weight is 364 g/mol. The first-order chi connectivity index (χ1) is 11.6. The third-order valence-electron chi connectivity index (χ3n) is 4.09. The van der Waals surface area contributed by atoms with Gasteiger partial charge in [-0.1, -0.05) is 41.7 Å². The zero-order valence-corrected chi connectivity index (χ0v) is 15.0. The van der Waals surface area contributed by atoms with Crippen LogP contribution in [0.5, 0.6) is 0 Å². The number of thiazole rings is 1. The molecule has 24 heavy (non-hydrogen) atoms. The number of carbonyl (C=O) groups is 1. The Balaban J connectivity index is 1.61. The molecule has 0 bridgehead atoms. The van der Waals surface area contributed by atoms with Crippen molar-refractivity contribution in [2.24, 2.45) is 0 Å². The summed E-state index contributed by atoms with van der Waals surface area (Å²) in [6.07, 6.45) is 3.00. The van der Waals surface area contributed by atoms with Crippen LogP contribution in [0.3, 0.4) is 0 Å². The number of nitrogens with one attached hydrogen (secondary N) is 1. The predicted molar refractivity (Wildman–Crippen MR) is 99.0 cm³/mol. The normalized spacial score (nSPS) is 17.1. The molecular weight excluding hydrogens is 342 g/mol. The van der Waals surface area contributed by atoms with Gasteiger partial charge < -0.3 is 20.4 Å². The van der Waals surface area contributed by atoms with Crippen LogP contribution in [0.2, 0.25) is 0 Å². The Morgan fingerprint density at radius 2 is 2.21 bits per heavy atom. The first kappa shape index (κ1) is 17.1. The van der Waals surface area contributed by atoms with E-state index >= 15 is 0 Å². The van der Waals surface area contributed by atoms with Gasteiger partial charge in [-0.15, -0.1) is 0 Å². The number of nitrogens with zero attached hydrogens (tertiary/aromatic N) is 1. The van der Waals surface area contributed by atoms with Crippen molar-refractivity contribution in [2.45, 2.75) is 31.9 Å². The van der Waals surface area contributed by atoms with Crippen molar-refractivity contribution in [3.05, 3.63) is 44.7 Å². The van der Waals surface area contributed by atoms with Gasteiger partial charge in [0, 0.05) is 13.2 Å². The van der Waals surface area contributed by atoms with Crippen molar-refractivity contribution >= 4 is 35.3 Å². The Morgan fingerprint density at radius 3 is 2.92 bits per heavy atom. The zero-order chi connectivity index (χ0) is 16.9. The number of rotatable bonds is 6. The van der Waals surface area contributed by atoms with Crippen LogP contribution in [0.25, 0.3) is 0 Å². The minimum Gasteiger partial charge on any atom is -0.384 e. The lowest BCUT2D eigenvalue weighted by Gasteiger charge is -2.12. The van der Waals surface area contributed by atoms with Gasteiger partial charge in [-0.05, 0) is 37.0 Å². The van der Waals surface area contributed by atoms with Crippen molar-refractivity contribution in [1.29, 1.82) is 0 Å². The van der Waals surface area contributed by atoms with E-state index in [9.17, 15) is 4.79 Å². The largest absolute Gasteiger partial charge is 0.384 e. The molecule has 2 aromatic rings. The van der Waals surface area contributed by atoms with Crippen molar-refractivity contribution < 1.29 is 9.53 Å². The van der Waals surface area contributed by atoms with E-state index in [0.717, 1.165) is 25.9 Å².